The molecule has 3 aromatic carbocycles. The Morgan fingerprint density at radius 1 is 1.00 bits per heavy atom. The average Bonchev–Trinajstić information content (AvgIpc) is 3.27. The van der Waals surface area contributed by atoms with E-state index < -0.39 is 0 Å². The molecule has 1 fully saturated rings. The van der Waals surface area contributed by atoms with Crippen molar-refractivity contribution in [2.24, 2.45) is 0 Å². The molecule has 38 heavy (non-hydrogen) atoms. The number of hydrogen-bond donors (Lipinski definition) is 2. The minimum absolute atomic E-state index is 0.0521. The summed E-state index contributed by atoms with van der Waals surface area (Å²) in [6.45, 7) is 4.12. The van der Waals surface area contributed by atoms with Crippen LogP contribution in [0.15, 0.2) is 72.8 Å². The van der Waals surface area contributed by atoms with Crippen molar-refractivity contribution >= 4 is 46.4 Å². The number of piperazine rings is 1. The van der Waals surface area contributed by atoms with Crippen molar-refractivity contribution in [2.75, 3.05) is 62.4 Å². The Morgan fingerprint density at radius 2 is 1.71 bits per heavy atom. The monoisotopic (exact) mass is 509 g/mol. The maximum atomic E-state index is 13.1. The number of anilines is 3. The van der Waals surface area contributed by atoms with Crippen LogP contribution < -0.4 is 15.5 Å². The minimum atomic E-state index is -0.236. The molecule has 0 bridgehead atoms. The van der Waals surface area contributed by atoms with Crippen LogP contribution in [0, 0.1) is 0 Å². The fraction of sp³-hybridized carbons (Fsp3) is 0.233. The number of carbonyl (C=O) groups excluding carboxylic acids is 3. The molecule has 5 rings (SSSR count). The molecule has 8 nitrogen and oxygen atoms in total. The van der Waals surface area contributed by atoms with Crippen molar-refractivity contribution in [2.45, 2.75) is 0 Å². The zero-order chi connectivity index (χ0) is 26.6. The van der Waals surface area contributed by atoms with Crippen molar-refractivity contribution < 1.29 is 14.4 Å². The van der Waals surface area contributed by atoms with E-state index in [9.17, 15) is 14.4 Å². The SMILES string of the molecule is CN1CCN(CC(=O)N(C)c2ccc(N/C(=C3\C(=O)Nc4cc(C=O)ccc43)c3ccccc3)cc2)CC1. The van der Waals surface area contributed by atoms with E-state index in [1.165, 1.54) is 0 Å². The summed E-state index contributed by atoms with van der Waals surface area (Å²) >= 11 is 0. The number of fused-ring (bicyclic) bond motifs is 1. The Kier molecular flexibility index (Phi) is 7.35. The van der Waals surface area contributed by atoms with E-state index >= 15 is 0 Å². The lowest BCUT2D eigenvalue weighted by Gasteiger charge is -2.32. The molecule has 2 N–H and O–H groups in total. The summed E-state index contributed by atoms with van der Waals surface area (Å²) in [6.07, 6.45) is 0.763. The van der Waals surface area contributed by atoms with Crippen LogP contribution in [0.4, 0.5) is 17.1 Å². The van der Waals surface area contributed by atoms with Gasteiger partial charge in [0.2, 0.25) is 5.91 Å². The standard InChI is InChI=1S/C30H31N5O3/c1-33-14-16-35(17-15-33)19-27(37)34(2)24-11-9-23(10-12-24)31-29(22-6-4-3-5-7-22)28-25-13-8-21(20-36)18-26(25)32-30(28)38/h3-13,18,20,31H,14-17,19H2,1-2H3,(H,32,38)/b29-28-. The van der Waals surface area contributed by atoms with Crippen LogP contribution in [-0.4, -0.2) is 74.7 Å². The highest BCUT2D eigenvalue weighted by molar-refractivity contribution is 6.37. The van der Waals surface area contributed by atoms with Crippen molar-refractivity contribution in [1.29, 1.82) is 0 Å². The van der Waals surface area contributed by atoms with Crippen LogP contribution in [0.2, 0.25) is 0 Å². The lowest BCUT2D eigenvalue weighted by molar-refractivity contribution is -0.119. The van der Waals surface area contributed by atoms with Gasteiger partial charge in [0.1, 0.15) is 6.29 Å². The summed E-state index contributed by atoms with van der Waals surface area (Å²) in [5.74, 6) is -0.184. The molecule has 2 aliphatic rings. The van der Waals surface area contributed by atoms with Gasteiger partial charge >= 0.3 is 0 Å². The van der Waals surface area contributed by atoms with Gasteiger partial charge in [0.15, 0.2) is 0 Å². The first kappa shape index (κ1) is 25.4. The number of hydrogen-bond acceptors (Lipinski definition) is 6. The Morgan fingerprint density at radius 3 is 2.39 bits per heavy atom. The summed E-state index contributed by atoms with van der Waals surface area (Å²) in [4.78, 5) is 43.4. The van der Waals surface area contributed by atoms with Crippen LogP contribution in [0.25, 0.3) is 11.3 Å². The van der Waals surface area contributed by atoms with Gasteiger partial charge in [-0.2, -0.15) is 0 Å². The van der Waals surface area contributed by atoms with E-state index in [0.29, 0.717) is 29.1 Å². The van der Waals surface area contributed by atoms with E-state index in [4.69, 9.17) is 0 Å². The molecular formula is C30H31N5O3. The predicted molar refractivity (Wildman–Crippen MR) is 151 cm³/mol. The lowest BCUT2D eigenvalue weighted by Crippen LogP contribution is -2.48. The van der Waals surface area contributed by atoms with Crippen LogP contribution in [0.1, 0.15) is 21.5 Å². The summed E-state index contributed by atoms with van der Waals surface area (Å²) in [5.41, 5.74) is 5.45. The molecular weight excluding hydrogens is 478 g/mol. The fourth-order valence-corrected chi connectivity index (χ4v) is 4.76. The summed E-state index contributed by atoms with van der Waals surface area (Å²) in [7, 11) is 3.90. The Bertz CT molecular complexity index is 1380. The van der Waals surface area contributed by atoms with Crippen LogP contribution in [-0.2, 0) is 9.59 Å². The topological polar surface area (TPSA) is 85.0 Å². The first-order chi connectivity index (χ1) is 18.4. The Balaban J connectivity index is 1.39. The third-order valence-electron chi connectivity index (χ3n) is 7.09. The van der Waals surface area contributed by atoms with Gasteiger partial charge in [-0.1, -0.05) is 42.5 Å². The van der Waals surface area contributed by atoms with E-state index in [1.54, 1.807) is 30.1 Å². The fourth-order valence-electron chi connectivity index (χ4n) is 4.76. The first-order valence-corrected chi connectivity index (χ1v) is 12.7. The van der Waals surface area contributed by atoms with E-state index in [1.807, 2.05) is 54.6 Å². The zero-order valence-electron chi connectivity index (χ0n) is 21.6. The van der Waals surface area contributed by atoms with Crippen molar-refractivity contribution in [3.05, 3.63) is 89.5 Å². The van der Waals surface area contributed by atoms with Gasteiger partial charge in [-0.05, 0) is 42.9 Å². The van der Waals surface area contributed by atoms with Crippen molar-refractivity contribution in [3.8, 4) is 0 Å². The number of aldehydes is 1. The van der Waals surface area contributed by atoms with Crippen LogP contribution >= 0.6 is 0 Å². The summed E-state index contributed by atoms with van der Waals surface area (Å²) < 4.78 is 0. The normalized spacial score (nSPS) is 16.9. The molecule has 8 heteroatoms. The first-order valence-electron chi connectivity index (χ1n) is 12.7. The number of nitrogens with zero attached hydrogens (tertiary/aromatic N) is 3. The molecule has 0 aliphatic carbocycles. The lowest BCUT2D eigenvalue weighted by atomic mass is 9.99. The van der Waals surface area contributed by atoms with Gasteiger partial charge in [-0.15, -0.1) is 0 Å². The van der Waals surface area contributed by atoms with Crippen molar-refractivity contribution in [1.82, 2.24) is 9.80 Å². The molecule has 0 saturated carbocycles. The third-order valence-corrected chi connectivity index (χ3v) is 7.09. The zero-order valence-corrected chi connectivity index (χ0v) is 21.6. The molecule has 1 saturated heterocycles. The Labute approximate surface area is 222 Å². The molecule has 194 valence electrons. The van der Waals surface area contributed by atoms with Gasteiger partial charge in [0, 0.05) is 61.4 Å². The average molecular weight is 510 g/mol. The number of nitrogens with one attached hydrogen (secondary N) is 2. The molecule has 0 unspecified atom stereocenters. The van der Waals surface area contributed by atoms with Crippen LogP contribution in [0.5, 0.6) is 0 Å². The van der Waals surface area contributed by atoms with E-state index in [0.717, 1.165) is 55.0 Å². The minimum Gasteiger partial charge on any atom is -0.354 e. The number of amides is 2. The quantitative estimate of drug-likeness (QED) is 0.374. The predicted octanol–water partition coefficient (Wildman–Crippen LogP) is 3.64. The van der Waals surface area contributed by atoms with Gasteiger partial charge in [-0.25, -0.2) is 0 Å². The molecule has 0 aromatic heterocycles. The second kappa shape index (κ2) is 11.0. The summed E-state index contributed by atoms with van der Waals surface area (Å²) in [6, 6.07) is 22.4. The van der Waals surface area contributed by atoms with Gasteiger partial charge in [-0.3, -0.25) is 19.3 Å². The van der Waals surface area contributed by atoms with Gasteiger partial charge in [0.05, 0.1) is 17.8 Å². The van der Waals surface area contributed by atoms with Crippen molar-refractivity contribution in [3.63, 3.8) is 0 Å². The summed E-state index contributed by atoms with van der Waals surface area (Å²) in [5, 5.41) is 6.32. The molecule has 0 atom stereocenters. The highest BCUT2D eigenvalue weighted by atomic mass is 16.2. The molecule has 2 aliphatic heterocycles. The number of likely N-dealkylation sites (N-methyl/N-ethyl adjacent to an activating group) is 2. The van der Waals surface area contributed by atoms with Crippen LogP contribution in [0.3, 0.4) is 0 Å². The second-order valence-electron chi connectivity index (χ2n) is 9.70. The Hall–Kier alpha value is -4.27. The highest BCUT2D eigenvalue weighted by Gasteiger charge is 2.28. The number of carbonyl (C=O) groups is 3. The molecule has 0 radical (unpaired) electrons. The second-order valence-corrected chi connectivity index (χ2v) is 9.70. The van der Waals surface area contributed by atoms with Gasteiger partial charge < -0.3 is 20.4 Å². The van der Waals surface area contributed by atoms with Gasteiger partial charge in [0.25, 0.3) is 5.91 Å². The van der Waals surface area contributed by atoms with E-state index in [-0.39, 0.29) is 11.8 Å². The maximum Gasteiger partial charge on any atom is 0.258 e. The largest absolute Gasteiger partial charge is 0.354 e. The smallest absolute Gasteiger partial charge is 0.258 e. The maximum absolute atomic E-state index is 13.1. The molecule has 2 heterocycles. The molecule has 2 amide bonds. The highest BCUT2D eigenvalue weighted by Crippen LogP contribution is 2.38. The van der Waals surface area contributed by atoms with E-state index in [2.05, 4.69) is 27.5 Å². The number of rotatable bonds is 7. The molecule has 3 aromatic rings. The number of benzene rings is 3. The third kappa shape index (κ3) is 5.37. The molecule has 0 spiro atoms.